The Balaban J connectivity index is 1.52. The molecule has 24 heavy (non-hydrogen) atoms. The SMILES string of the molecule is O=C(CN1CSCC1=O)N1CCN(c2ccc([N+](=O)[O-])cc2)CC1. The van der Waals surface area contributed by atoms with Gasteiger partial charge in [0.15, 0.2) is 0 Å². The summed E-state index contributed by atoms with van der Waals surface area (Å²) in [5, 5.41) is 10.7. The van der Waals surface area contributed by atoms with Gasteiger partial charge in [-0.05, 0) is 12.1 Å². The average molecular weight is 350 g/mol. The van der Waals surface area contributed by atoms with Gasteiger partial charge in [-0.2, -0.15) is 0 Å². The second kappa shape index (κ2) is 7.08. The number of nitro groups is 1. The zero-order chi connectivity index (χ0) is 17.1. The monoisotopic (exact) mass is 350 g/mol. The molecule has 1 aromatic carbocycles. The summed E-state index contributed by atoms with van der Waals surface area (Å²) in [5.41, 5.74) is 0.986. The third-order valence-electron chi connectivity index (χ3n) is 4.21. The standard InChI is InChI=1S/C15H18N4O4S/c20-14(9-18-11-24-10-15(18)21)17-7-5-16(6-8-17)12-1-3-13(4-2-12)19(22)23/h1-4H,5-11H2. The first-order chi connectivity index (χ1) is 11.5. The number of piperazine rings is 1. The molecule has 3 rings (SSSR count). The molecule has 128 valence electrons. The largest absolute Gasteiger partial charge is 0.368 e. The van der Waals surface area contributed by atoms with Crippen LogP contribution in [0, 0.1) is 10.1 Å². The van der Waals surface area contributed by atoms with Crippen molar-refractivity contribution in [3.05, 3.63) is 34.4 Å². The number of nitro benzene ring substituents is 1. The van der Waals surface area contributed by atoms with E-state index in [1.165, 1.54) is 23.9 Å². The number of thioether (sulfide) groups is 1. The van der Waals surface area contributed by atoms with Crippen molar-refractivity contribution in [1.82, 2.24) is 9.80 Å². The molecule has 0 aliphatic carbocycles. The molecule has 0 aromatic heterocycles. The van der Waals surface area contributed by atoms with Crippen LogP contribution in [0.25, 0.3) is 0 Å². The molecule has 9 heteroatoms. The zero-order valence-corrected chi connectivity index (χ0v) is 13.9. The van der Waals surface area contributed by atoms with Crippen LogP contribution in [0.4, 0.5) is 11.4 Å². The molecule has 0 radical (unpaired) electrons. The van der Waals surface area contributed by atoms with Crippen molar-refractivity contribution in [3.8, 4) is 0 Å². The molecule has 2 aliphatic heterocycles. The molecule has 2 amide bonds. The highest BCUT2D eigenvalue weighted by atomic mass is 32.2. The Morgan fingerprint density at radius 1 is 1.17 bits per heavy atom. The first-order valence-electron chi connectivity index (χ1n) is 7.67. The van der Waals surface area contributed by atoms with Gasteiger partial charge >= 0.3 is 0 Å². The summed E-state index contributed by atoms with van der Waals surface area (Å²) in [4.78, 5) is 39.6. The fraction of sp³-hybridized carbons (Fsp3) is 0.467. The highest BCUT2D eigenvalue weighted by molar-refractivity contribution is 8.00. The lowest BCUT2D eigenvalue weighted by molar-refractivity contribution is -0.384. The number of nitrogens with zero attached hydrogens (tertiary/aromatic N) is 4. The quantitative estimate of drug-likeness (QED) is 0.589. The molecular formula is C15H18N4O4S. The van der Waals surface area contributed by atoms with Gasteiger partial charge in [-0.1, -0.05) is 0 Å². The Kier molecular flexibility index (Phi) is 4.89. The first kappa shape index (κ1) is 16.6. The predicted octanol–water partition coefficient (Wildman–Crippen LogP) is 0.776. The highest BCUT2D eigenvalue weighted by Crippen LogP contribution is 2.21. The van der Waals surface area contributed by atoms with Crippen LogP contribution < -0.4 is 4.90 Å². The second-order valence-corrected chi connectivity index (χ2v) is 6.67. The van der Waals surface area contributed by atoms with E-state index >= 15 is 0 Å². The third kappa shape index (κ3) is 3.61. The average Bonchev–Trinajstić information content (AvgIpc) is 3.00. The fourth-order valence-corrected chi connectivity index (χ4v) is 3.71. The number of carbonyl (C=O) groups excluding carboxylic acids is 2. The Labute approximate surface area is 143 Å². The van der Waals surface area contributed by atoms with Crippen molar-refractivity contribution < 1.29 is 14.5 Å². The van der Waals surface area contributed by atoms with Crippen LogP contribution >= 0.6 is 11.8 Å². The molecule has 0 bridgehead atoms. The topological polar surface area (TPSA) is 87.0 Å². The van der Waals surface area contributed by atoms with Crippen molar-refractivity contribution in [2.75, 3.05) is 49.3 Å². The van der Waals surface area contributed by atoms with E-state index in [4.69, 9.17) is 0 Å². The van der Waals surface area contributed by atoms with Gasteiger partial charge in [-0.3, -0.25) is 19.7 Å². The van der Waals surface area contributed by atoms with Gasteiger partial charge in [-0.25, -0.2) is 0 Å². The lowest BCUT2D eigenvalue weighted by Gasteiger charge is -2.36. The van der Waals surface area contributed by atoms with Gasteiger partial charge in [0, 0.05) is 44.0 Å². The van der Waals surface area contributed by atoms with Crippen LogP contribution in [-0.4, -0.2) is 70.9 Å². The number of non-ortho nitro benzene ring substituents is 1. The molecule has 0 saturated carbocycles. The Bertz CT molecular complexity index is 643. The van der Waals surface area contributed by atoms with Gasteiger partial charge in [0.1, 0.15) is 6.54 Å². The van der Waals surface area contributed by atoms with Crippen molar-refractivity contribution in [3.63, 3.8) is 0 Å². The minimum absolute atomic E-state index is 0.0193. The van der Waals surface area contributed by atoms with Gasteiger partial charge in [-0.15, -0.1) is 11.8 Å². The van der Waals surface area contributed by atoms with Gasteiger partial charge in [0.2, 0.25) is 11.8 Å². The smallest absolute Gasteiger partial charge is 0.269 e. The van der Waals surface area contributed by atoms with Gasteiger partial charge in [0.25, 0.3) is 5.69 Å². The number of carbonyl (C=O) groups is 2. The summed E-state index contributed by atoms with van der Waals surface area (Å²) >= 11 is 1.53. The molecule has 2 heterocycles. The summed E-state index contributed by atoms with van der Waals surface area (Å²) in [7, 11) is 0. The van der Waals surface area contributed by atoms with Crippen LogP contribution in [0.5, 0.6) is 0 Å². The maximum Gasteiger partial charge on any atom is 0.269 e. The maximum atomic E-state index is 12.3. The molecule has 0 spiro atoms. The fourth-order valence-electron chi connectivity index (χ4n) is 2.80. The molecule has 2 aliphatic rings. The minimum atomic E-state index is -0.418. The van der Waals surface area contributed by atoms with Gasteiger partial charge < -0.3 is 14.7 Å². The molecule has 0 unspecified atom stereocenters. The normalized spacial score (nSPS) is 18.2. The Morgan fingerprint density at radius 2 is 1.83 bits per heavy atom. The van der Waals surface area contributed by atoms with Crippen molar-refractivity contribution >= 4 is 35.0 Å². The lowest BCUT2D eigenvalue weighted by Crippen LogP contribution is -2.51. The van der Waals surface area contributed by atoms with Crippen molar-refractivity contribution in [2.24, 2.45) is 0 Å². The summed E-state index contributed by atoms with van der Waals surface area (Å²) in [6.45, 7) is 2.68. The number of anilines is 1. The first-order valence-corrected chi connectivity index (χ1v) is 8.83. The molecule has 0 atom stereocenters. The summed E-state index contributed by atoms with van der Waals surface area (Å²) in [6.07, 6.45) is 0. The number of rotatable bonds is 4. The molecule has 0 N–H and O–H groups in total. The summed E-state index contributed by atoms with van der Waals surface area (Å²) in [6, 6.07) is 6.44. The highest BCUT2D eigenvalue weighted by Gasteiger charge is 2.27. The number of benzene rings is 1. The second-order valence-electron chi connectivity index (χ2n) is 5.71. The van der Waals surface area contributed by atoms with Crippen LogP contribution in [0.3, 0.4) is 0 Å². The summed E-state index contributed by atoms with van der Waals surface area (Å²) < 4.78 is 0. The number of hydrogen-bond donors (Lipinski definition) is 0. The van der Waals surface area contributed by atoms with Crippen LogP contribution in [0.1, 0.15) is 0 Å². The van der Waals surface area contributed by atoms with E-state index in [1.54, 1.807) is 21.9 Å². The lowest BCUT2D eigenvalue weighted by atomic mass is 10.2. The minimum Gasteiger partial charge on any atom is -0.368 e. The van der Waals surface area contributed by atoms with E-state index in [0.29, 0.717) is 37.8 Å². The van der Waals surface area contributed by atoms with Crippen LogP contribution in [-0.2, 0) is 9.59 Å². The predicted molar refractivity (Wildman–Crippen MR) is 90.9 cm³/mol. The zero-order valence-electron chi connectivity index (χ0n) is 13.1. The van der Waals surface area contributed by atoms with E-state index in [9.17, 15) is 19.7 Å². The van der Waals surface area contributed by atoms with Crippen molar-refractivity contribution in [2.45, 2.75) is 0 Å². The van der Waals surface area contributed by atoms with Crippen LogP contribution in [0.15, 0.2) is 24.3 Å². The molecule has 1 aromatic rings. The molecule has 2 fully saturated rings. The van der Waals surface area contributed by atoms with E-state index in [0.717, 1.165) is 5.69 Å². The van der Waals surface area contributed by atoms with E-state index in [-0.39, 0.29) is 24.0 Å². The number of hydrogen-bond acceptors (Lipinski definition) is 6. The Hall–Kier alpha value is -2.29. The number of amides is 2. The van der Waals surface area contributed by atoms with Gasteiger partial charge in [0.05, 0.1) is 16.6 Å². The van der Waals surface area contributed by atoms with Crippen LogP contribution in [0.2, 0.25) is 0 Å². The van der Waals surface area contributed by atoms with E-state index < -0.39 is 4.92 Å². The van der Waals surface area contributed by atoms with Crippen molar-refractivity contribution in [1.29, 1.82) is 0 Å². The Morgan fingerprint density at radius 3 is 2.38 bits per heavy atom. The summed E-state index contributed by atoms with van der Waals surface area (Å²) in [5.74, 6) is 1.06. The molecule has 8 nitrogen and oxygen atoms in total. The van der Waals surface area contributed by atoms with E-state index in [2.05, 4.69) is 4.90 Å². The molecule has 2 saturated heterocycles. The maximum absolute atomic E-state index is 12.3. The van der Waals surface area contributed by atoms with E-state index in [1.807, 2.05) is 0 Å². The molecular weight excluding hydrogens is 332 g/mol. The third-order valence-corrected chi connectivity index (χ3v) is 5.15.